The molecule has 1 heterocycles. The molecule has 1 aliphatic carbocycles. The minimum Gasteiger partial charge on any atom is -0.337 e. The highest BCUT2D eigenvalue weighted by molar-refractivity contribution is 5.81. The Morgan fingerprint density at radius 2 is 2.20 bits per heavy atom. The molecule has 0 aromatic carbocycles. The topological polar surface area (TPSA) is 32.3 Å². The molecule has 0 unspecified atom stereocenters. The van der Waals surface area contributed by atoms with Gasteiger partial charge in [-0.1, -0.05) is 13.8 Å². The highest BCUT2D eigenvalue weighted by Crippen LogP contribution is 2.32. The Bertz CT molecular complexity index is 236. The third-order valence-electron chi connectivity index (χ3n) is 3.30. The van der Waals surface area contributed by atoms with Crippen molar-refractivity contribution < 1.29 is 4.79 Å². The molecule has 1 atom stereocenters. The van der Waals surface area contributed by atoms with E-state index in [9.17, 15) is 4.79 Å². The zero-order valence-electron chi connectivity index (χ0n) is 9.83. The lowest BCUT2D eigenvalue weighted by Crippen LogP contribution is -2.54. The van der Waals surface area contributed by atoms with Gasteiger partial charge in [-0.25, -0.2) is 0 Å². The summed E-state index contributed by atoms with van der Waals surface area (Å²) in [4.78, 5) is 14.2. The fraction of sp³-hybridized carbons (Fsp3) is 0.917. The van der Waals surface area contributed by atoms with Crippen LogP contribution in [-0.2, 0) is 4.79 Å². The third kappa shape index (κ3) is 2.71. The largest absolute Gasteiger partial charge is 0.337 e. The van der Waals surface area contributed by atoms with Gasteiger partial charge in [0, 0.05) is 31.6 Å². The molecule has 1 aliphatic heterocycles. The van der Waals surface area contributed by atoms with Gasteiger partial charge < -0.3 is 10.2 Å². The van der Waals surface area contributed by atoms with E-state index in [1.165, 1.54) is 0 Å². The van der Waals surface area contributed by atoms with Crippen LogP contribution in [0.1, 0.15) is 33.1 Å². The van der Waals surface area contributed by atoms with E-state index in [-0.39, 0.29) is 0 Å². The van der Waals surface area contributed by atoms with Crippen LogP contribution in [0.15, 0.2) is 0 Å². The molecule has 0 aromatic rings. The number of amides is 1. The van der Waals surface area contributed by atoms with Crippen LogP contribution in [0.2, 0.25) is 0 Å². The highest BCUT2D eigenvalue weighted by Gasteiger charge is 2.37. The molecule has 0 aromatic heterocycles. The number of nitrogens with zero attached hydrogens (tertiary/aromatic N) is 1. The van der Waals surface area contributed by atoms with Gasteiger partial charge in [0.05, 0.1) is 0 Å². The highest BCUT2D eigenvalue weighted by atomic mass is 16.2. The molecular formula is C12H22N2O. The van der Waals surface area contributed by atoms with Gasteiger partial charge in [-0.05, 0) is 25.2 Å². The van der Waals surface area contributed by atoms with Crippen LogP contribution in [0.25, 0.3) is 0 Å². The monoisotopic (exact) mass is 210 g/mol. The summed E-state index contributed by atoms with van der Waals surface area (Å²) in [5.74, 6) is 1.46. The summed E-state index contributed by atoms with van der Waals surface area (Å²) in [5, 5.41) is 3.39. The Labute approximate surface area is 92.2 Å². The predicted octanol–water partition coefficient (Wildman–Crippen LogP) is 1.24. The summed E-state index contributed by atoms with van der Waals surface area (Å²) in [6.07, 6.45) is 3.37. The van der Waals surface area contributed by atoms with Crippen LogP contribution in [-0.4, -0.2) is 36.5 Å². The summed E-state index contributed by atoms with van der Waals surface area (Å²) in [6.45, 7) is 7.32. The Morgan fingerprint density at radius 3 is 2.80 bits per heavy atom. The molecule has 2 aliphatic rings. The first-order valence-electron chi connectivity index (χ1n) is 6.19. The number of nitrogens with one attached hydrogen (secondary N) is 1. The fourth-order valence-electron chi connectivity index (χ4n) is 2.37. The van der Waals surface area contributed by atoms with Crippen molar-refractivity contribution in [2.75, 3.05) is 19.6 Å². The van der Waals surface area contributed by atoms with E-state index < -0.39 is 0 Å². The average molecular weight is 210 g/mol. The van der Waals surface area contributed by atoms with E-state index in [1.54, 1.807) is 0 Å². The minimum atomic E-state index is 0.373. The minimum absolute atomic E-state index is 0.373. The second-order valence-corrected chi connectivity index (χ2v) is 5.29. The zero-order valence-corrected chi connectivity index (χ0v) is 9.83. The average Bonchev–Trinajstić information content (AvgIpc) is 3.00. The Hall–Kier alpha value is -0.570. The molecule has 0 spiro atoms. The summed E-state index contributed by atoms with van der Waals surface area (Å²) in [7, 11) is 0. The summed E-state index contributed by atoms with van der Waals surface area (Å²) in [5.41, 5.74) is 0. The third-order valence-corrected chi connectivity index (χ3v) is 3.30. The van der Waals surface area contributed by atoms with Gasteiger partial charge >= 0.3 is 0 Å². The van der Waals surface area contributed by atoms with Crippen LogP contribution in [0.5, 0.6) is 0 Å². The number of piperazine rings is 1. The lowest BCUT2D eigenvalue weighted by molar-refractivity contribution is -0.136. The van der Waals surface area contributed by atoms with Crippen LogP contribution in [0.4, 0.5) is 0 Å². The predicted molar refractivity (Wildman–Crippen MR) is 60.5 cm³/mol. The lowest BCUT2D eigenvalue weighted by Gasteiger charge is -2.37. The van der Waals surface area contributed by atoms with Crippen molar-refractivity contribution in [1.29, 1.82) is 0 Å². The maximum Gasteiger partial charge on any atom is 0.226 e. The second-order valence-electron chi connectivity index (χ2n) is 5.29. The van der Waals surface area contributed by atoms with E-state index in [4.69, 9.17) is 0 Å². The first-order valence-corrected chi connectivity index (χ1v) is 6.19. The number of carbonyl (C=O) groups is 1. The Balaban J connectivity index is 1.95. The standard InChI is InChI=1S/C12H22N2O/c1-9(2)7-11-8-13-5-6-14(11)12(15)10-3-4-10/h9-11,13H,3-8H2,1-2H3/t11-/m1/s1. The van der Waals surface area contributed by atoms with Crippen molar-refractivity contribution in [3.05, 3.63) is 0 Å². The molecule has 0 bridgehead atoms. The van der Waals surface area contributed by atoms with Crippen LogP contribution in [0.3, 0.4) is 0 Å². The Kier molecular flexibility index (Phi) is 3.29. The van der Waals surface area contributed by atoms with Crippen molar-refractivity contribution in [3.63, 3.8) is 0 Å². The first kappa shape index (κ1) is 10.9. The summed E-state index contributed by atoms with van der Waals surface area (Å²) < 4.78 is 0. The molecule has 3 nitrogen and oxygen atoms in total. The smallest absolute Gasteiger partial charge is 0.226 e. The molecule has 2 fully saturated rings. The molecular weight excluding hydrogens is 188 g/mol. The number of rotatable bonds is 3. The molecule has 2 rings (SSSR count). The number of hydrogen-bond donors (Lipinski definition) is 1. The van der Waals surface area contributed by atoms with Gasteiger partial charge in [0.2, 0.25) is 5.91 Å². The Morgan fingerprint density at radius 1 is 1.47 bits per heavy atom. The summed E-state index contributed by atoms with van der Waals surface area (Å²) in [6, 6.07) is 0.437. The van der Waals surface area contributed by atoms with Gasteiger partial charge in [-0.3, -0.25) is 4.79 Å². The maximum absolute atomic E-state index is 12.1. The van der Waals surface area contributed by atoms with Crippen molar-refractivity contribution in [1.82, 2.24) is 10.2 Å². The second kappa shape index (κ2) is 4.52. The van der Waals surface area contributed by atoms with Crippen molar-refractivity contribution >= 4 is 5.91 Å². The normalized spacial score (nSPS) is 27.1. The van der Waals surface area contributed by atoms with Gasteiger partial charge in [0.15, 0.2) is 0 Å². The van der Waals surface area contributed by atoms with Gasteiger partial charge in [-0.15, -0.1) is 0 Å². The van der Waals surface area contributed by atoms with E-state index in [0.717, 1.165) is 38.9 Å². The van der Waals surface area contributed by atoms with Gasteiger partial charge in [0.1, 0.15) is 0 Å². The van der Waals surface area contributed by atoms with E-state index in [0.29, 0.717) is 23.8 Å². The molecule has 1 saturated heterocycles. The SMILES string of the molecule is CC(C)C[C@@H]1CNCCN1C(=O)C1CC1. The first-order chi connectivity index (χ1) is 7.18. The molecule has 86 valence electrons. The zero-order chi connectivity index (χ0) is 10.8. The quantitative estimate of drug-likeness (QED) is 0.760. The van der Waals surface area contributed by atoms with Crippen molar-refractivity contribution in [2.45, 2.75) is 39.2 Å². The van der Waals surface area contributed by atoms with Gasteiger partial charge in [0.25, 0.3) is 0 Å². The summed E-state index contributed by atoms with van der Waals surface area (Å²) >= 11 is 0. The molecule has 1 saturated carbocycles. The van der Waals surface area contributed by atoms with E-state index >= 15 is 0 Å². The van der Waals surface area contributed by atoms with Crippen LogP contribution < -0.4 is 5.32 Å². The molecule has 0 radical (unpaired) electrons. The number of hydrogen-bond acceptors (Lipinski definition) is 2. The molecule has 15 heavy (non-hydrogen) atoms. The van der Waals surface area contributed by atoms with Gasteiger partial charge in [-0.2, -0.15) is 0 Å². The van der Waals surface area contributed by atoms with E-state index in [2.05, 4.69) is 24.1 Å². The molecule has 1 amide bonds. The number of carbonyl (C=O) groups excluding carboxylic acids is 1. The molecule has 1 N–H and O–H groups in total. The lowest BCUT2D eigenvalue weighted by atomic mass is 10.0. The van der Waals surface area contributed by atoms with Crippen LogP contribution in [0, 0.1) is 11.8 Å². The van der Waals surface area contributed by atoms with Crippen molar-refractivity contribution in [2.24, 2.45) is 11.8 Å². The maximum atomic E-state index is 12.1. The molecule has 3 heteroatoms. The van der Waals surface area contributed by atoms with E-state index in [1.807, 2.05) is 0 Å². The van der Waals surface area contributed by atoms with Crippen LogP contribution >= 0.6 is 0 Å². The van der Waals surface area contributed by atoms with Crippen molar-refractivity contribution in [3.8, 4) is 0 Å². The fourth-order valence-corrected chi connectivity index (χ4v) is 2.37.